The predicted molar refractivity (Wildman–Crippen MR) is 130 cm³/mol. The van der Waals surface area contributed by atoms with E-state index in [1.54, 1.807) is 4.90 Å². The number of aromatic nitrogens is 2. The zero-order chi connectivity index (χ0) is 23.3. The van der Waals surface area contributed by atoms with Crippen LogP contribution in [-0.4, -0.2) is 34.7 Å². The molecule has 7 nitrogen and oxygen atoms in total. The minimum Gasteiger partial charge on any atom is -0.482 e. The molecule has 1 N–H and O–H groups in total. The molecule has 0 unspecified atom stereocenters. The molecule has 0 saturated heterocycles. The van der Waals surface area contributed by atoms with Crippen molar-refractivity contribution in [1.29, 1.82) is 0 Å². The number of ether oxygens (including phenoxy) is 1. The largest absolute Gasteiger partial charge is 0.482 e. The normalized spacial score (nSPS) is 12.7. The Labute approximate surface area is 197 Å². The van der Waals surface area contributed by atoms with Gasteiger partial charge in [0.05, 0.1) is 17.1 Å². The van der Waals surface area contributed by atoms with Crippen LogP contribution in [0.4, 0.5) is 5.69 Å². The van der Waals surface area contributed by atoms with Crippen LogP contribution in [0.5, 0.6) is 5.75 Å². The van der Waals surface area contributed by atoms with Crippen molar-refractivity contribution in [3.8, 4) is 22.7 Å². The highest BCUT2D eigenvalue weighted by Gasteiger charge is 2.25. The van der Waals surface area contributed by atoms with Crippen LogP contribution in [0.15, 0.2) is 91.1 Å². The summed E-state index contributed by atoms with van der Waals surface area (Å²) in [4.78, 5) is 26.7. The third-order valence-electron chi connectivity index (χ3n) is 5.70. The third kappa shape index (κ3) is 4.54. The molecule has 0 fully saturated rings. The summed E-state index contributed by atoms with van der Waals surface area (Å²) in [6.07, 6.45) is 2.13. The van der Waals surface area contributed by atoms with E-state index in [4.69, 9.17) is 9.84 Å². The van der Waals surface area contributed by atoms with E-state index in [1.807, 2.05) is 95.8 Å². The van der Waals surface area contributed by atoms with Gasteiger partial charge in [-0.25, -0.2) is 4.68 Å². The van der Waals surface area contributed by atoms with Gasteiger partial charge in [-0.3, -0.25) is 9.59 Å². The summed E-state index contributed by atoms with van der Waals surface area (Å²) in [5.41, 5.74) is 4.36. The van der Waals surface area contributed by atoms with E-state index in [2.05, 4.69) is 5.32 Å². The van der Waals surface area contributed by atoms with Crippen molar-refractivity contribution in [2.24, 2.45) is 0 Å². The fraction of sp³-hybridized carbons (Fsp3) is 0.148. The number of hydrogen-bond acceptors (Lipinski definition) is 4. The fourth-order valence-corrected chi connectivity index (χ4v) is 3.99. The van der Waals surface area contributed by atoms with Gasteiger partial charge in [0.25, 0.3) is 5.91 Å². The number of anilines is 1. The van der Waals surface area contributed by atoms with Crippen LogP contribution < -0.4 is 15.0 Å². The van der Waals surface area contributed by atoms with Gasteiger partial charge in [-0.15, -0.1) is 0 Å². The lowest BCUT2D eigenvalue weighted by Crippen LogP contribution is -2.41. The Morgan fingerprint density at radius 3 is 2.44 bits per heavy atom. The molecule has 34 heavy (non-hydrogen) atoms. The van der Waals surface area contributed by atoms with Crippen molar-refractivity contribution in [2.75, 3.05) is 18.1 Å². The molecular formula is C27H24N4O3. The molecule has 4 aromatic rings. The molecule has 3 aromatic carbocycles. The summed E-state index contributed by atoms with van der Waals surface area (Å²) in [7, 11) is 0. The maximum atomic E-state index is 12.7. The van der Waals surface area contributed by atoms with Crippen LogP contribution in [0.25, 0.3) is 16.9 Å². The van der Waals surface area contributed by atoms with E-state index >= 15 is 0 Å². The van der Waals surface area contributed by atoms with E-state index in [9.17, 15) is 9.59 Å². The third-order valence-corrected chi connectivity index (χ3v) is 5.70. The van der Waals surface area contributed by atoms with Crippen molar-refractivity contribution in [3.05, 3.63) is 96.7 Å². The van der Waals surface area contributed by atoms with Gasteiger partial charge in [0.2, 0.25) is 5.91 Å². The second-order valence-corrected chi connectivity index (χ2v) is 7.98. The molecule has 2 heterocycles. The number of nitrogens with zero attached hydrogens (tertiary/aromatic N) is 3. The number of amides is 2. The Balaban J connectivity index is 1.29. The molecule has 0 radical (unpaired) electrons. The zero-order valence-corrected chi connectivity index (χ0v) is 18.6. The van der Waals surface area contributed by atoms with Gasteiger partial charge in [-0.2, -0.15) is 5.10 Å². The van der Waals surface area contributed by atoms with Crippen molar-refractivity contribution < 1.29 is 14.3 Å². The number of para-hydroxylation sites is 3. The smallest absolute Gasteiger partial charge is 0.265 e. The van der Waals surface area contributed by atoms with Gasteiger partial charge in [-0.05, 0) is 24.3 Å². The van der Waals surface area contributed by atoms with Crippen molar-refractivity contribution in [2.45, 2.75) is 13.0 Å². The lowest BCUT2D eigenvalue weighted by Gasteiger charge is -2.29. The average Bonchev–Trinajstić information content (AvgIpc) is 3.32. The summed E-state index contributed by atoms with van der Waals surface area (Å²) in [5, 5.41) is 7.77. The standard InChI is InChI=1S/C27H24N4O3/c32-25(15-16-30-23-13-7-8-14-24(23)34-19-26(30)33)28-17-21-18-31(22-11-5-2-6-12-22)29-27(21)20-9-3-1-4-10-20/h1-14,18H,15-17,19H2,(H,28,32). The Kier molecular flexibility index (Phi) is 6.07. The Bertz CT molecular complexity index is 1300. The molecule has 1 aliphatic rings. The molecule has 0 atom stereocenters. The van der Waals surface area contributed by atoms with Gasteiger partial charge in [0, 0.05) is 36.8 Å². The van der Waals surface area contributed by atoms with E-state index in [0.717, 1.165) is 22.5 Å². The first kappa shape index (κ1) is 21.5. The zero-order valence-electron chi connectivity index (χ0n) is 18.6. The first-order valence-electron chi connectivity index (χ1n) is 11.2. The molecule has 0 saturated carbocycles. The summed E-state index contributed by atoms with van der Waals surface area (Å²) in [6, 6.07) is 27.1. The maximum Gasteiger partial charge on any atom is 0.265 e. The Morgan fingerprint density at radius 2 is 1.65 bits per heavy atom. The van der Waals surface area contributed by atoms with Crippen molar-refractivity contribution >= 4 is 17.5 Å². The number of carbonyl (C=O) groups excluding carboxylic acids is 2. The van der Waals surface area contributed by atoms with Crippen LogP contribution in [0.1, 0.15) is 12.0 Å². The maximum absolute atomic E-state index is 12.7. The molecule has 1 aliphatic heterocycles. The number of rotatable bonds is 7. The molecular weight excluding hydrogens is 428 g/mol. The minimum atomic E-state index is -0.151. The van der Waals surface area contributed by atoms with Crippen molar-refractivity contribution in [3.63, 3.8) is 0 Å². The molecule has 5 rings (SSSR count). The fourth-order valence-electron chi connectivity index (χ4n) is 3.99. The molecule has 1 aromatic heterocycles. The van der Waals surface area contributed by atoms with E-state index in [-0.39, 0.29) is 24.8 Å². The quantitative estimate of drug-likeness (QED) is 0.460. The SMILES string of the molecule is O=C(CCN1C(=O)COc2ccccc21)NCc1cn(-c2ccccc2)nc1-c1ccccc1. The van der Waals surface area contributed by atoms with Crippen LogP contribution in [0.3, 0.4) is 0 Å². The molecule has 0 spiro atoms. The second-order valence-electron chi connectivity index (χ2n) is 7.98. The van der Waals surface area contributed by atoms with Gasteiger partial charge in [0.15, 0.2) is 6.61 Å². The van der Waals surface area contributed by atoms with Crippen LogP contribution in [-0.2, 0) is 16.1 Å². The Morgan fingerprint density at radius 1 is 0.941 bits per heavy atom. The van der Waals surface area contributed by atoms with Crippen LogP contribution in [0, 0.1) is 0 Å². The predicted octanol–water partition coefficient (Wildman–Crippen LogP) is 3.97. The lowest BCUT2D eigenvalue weighted by molar-refractivity contribution is -0.122. The summed E-state index contributed by atoms with van der Waals surface area (Å²) >= 11 is 0. The number of benzene rings is 3. The van der Waals surface area contributed by atoms with E-state index < -0.39 is 0 Å². The van der Waals surface area contributed by atoms with Gasteiger partial charge in [-0.1, -0.05) is 60.7 Å². The highest BCUT2D eigenvalue weighted by Crippen LogP contribution is 2.31. The van der Waals surface area contributed by atoms with Crippen molar-refractivity contribution in [1.82, 2.24) is 15.1 Å². The van der Waals surface area contributed by atoms with Gasteiger partial charge < -0.3 is 15.0 Å². The van der Waals surface area contributed by atoms with E-state index in [1.165, 1.54) is 0 Å². The average molecular weight is 453 g/mol. The number of nitrogens with one attached hydrogen (secondary N) is 1. The highest BCUT2D eigenvalue weighted by atomic mass is 16.5. The first-order chi connectivity index (χ1) is 16.7. The summed E-state index contributed by atoms with van der Waals surface area (Å²) in [5.74, 6) is 0.369. The number of carbonyl (C=O) groups is 2. The molecule has 170 valence electrons. The first-order valence-corrected chi connectivity index (χ1v) is 11.2. The lowest BCUT2D eigenvalue weighted by atomic mass is 10.1. The van der Waals surface area contributed by atoms with E-state index in [0.29, 0.717) is 24.5 Å². The van der Waals surface area contributed by atoms with Gasteiger partial charge in [0.1, 0.15) is 5.75 Å². The number of hydrogen-bond donors (Lipinski definition) is 1. The van der Waals surface area contributed by atoms with Crippen LogP contribution >= 0.6 is 0 Å². The minimum absolute atomic E-state index is 0.0161. The summed E-state index contributed by atoms with van der Waals surface area (Å²) < 4.78 is 7.30. The molecule has 0 aliphatic carbocycles. The molecule has 7 heteroatoms. The monoisotopic (exact) mass is 452 g/mol. The van der Waals surface area contributed by atoms with Crippen LogP contribution in [0.2, 0.25) is 0 Å². The molecule has 2 amide bonds. The Hall–Kier alpha value is -4.39. The topological polar surface area (TPSA) is 76.5 Å². The highest BCUT2D eigenvalue weighted by molar-refractivity contribution is 5.98. The van der Waals surface area contributed by atoms with Gasteiger partial charge >= 0.3 is 0 Å². The summed E-state index contributed by atoms with van der Waals surface area (Å²) in [6.45, 7) is 0.612. The molecule has 0 bridgehead atoms. The number of fused-ring (bicyclic) bond motifs is 1. The second kappa shape index (κ2) is 9.62.